The van der Waals surface area contributed by atoms with Gasteiger partial charge in [-0.1, -0.05) is 77.8 Å². The van der Waals surface area contributed by atoms with Crippen molar-refractivity contribution in [3.63, 3.8) is 0 Å². The fourth-order valence-electron chi connectivity index (χ4n) is 3.28. The molecule has 2 amide bonds. The molecule has 0 aliphatic heterocycles. The molecule has 0 bridgehead atoms. The van der Waals surface area contributed by atoms with Crippen LogP contribution in [-0.4, -0.2) is 41.6 Å². The molecule has 172 valence electrons. The molecule has 0 unspecified atom stereocenters. The summed E-state index contributed by atoms with van der Waals surface area (Å²) in [4.78, 5) is 28.0. The van der Waals surface area contributed by atoms with Gasteiger partial charge in [-0.25, -0.2) is 0 Å². The predicted molar refractivity (Wildman–Crippen MR) is 128 cm³/mol. The zero-order valence-electron chi connectivity index (χ0n) is 17.8. The van der Waals surface area contributed by atoms with Gasteiger partial charge in [0.25, 0.3) is 5.91 Å². The Kier molecular flexibility index (Phi) is 9.13. The molecular formula is C25H24Cl2N2O4. The number of nitrogens with one attached hydrogen (secondary N) is 1. The zero-order valence-corrected chi connectivity index (χ0v) is 19.3. The molecule has 3 rings (SSSR count). The average Bonchev–Trinajstić information content (AvgIpc) is 2.83. The highest BCUT2D eigenvalue weighted by Gasteiger charge is 2.31. The van der Waals surface area contributed by atoms with Gasteiger partial charge in [0.05, 0.1) is 11.6 Å². The number of benzene rings is 3. The Morgan fingerprint density at radius 3 is 2.27 bits per heavy atom. The number of aliphatic hydroxyl groups is 1. The first kappa shape index (κ1) is 24.6. The van der Waals surface area contributed by atoms with Gasteiger partial charge in [-0.3, -0.25) is 9.59 Å². The van der Waals surface area contributed by atoms with Crippen molar-refractivity contribution >= 4 is 35.0 Å². The molecule has 6 nitrogen and oxygen atoms in total. The first-order valence-corrected chi connectivity index (χ1v) is 11.1. The van der Waals surface area contributed by atoms with Crippen LogP contribution in [0.25, 0.3) is 0 Å². The number of halogens is 2. The van der Waals surface area contributed by atoms with Crippen molar-refractivity contribution in [2.24, 2.45) is 0 Å². The van der Waals surface area contributed by atoms with Crippen molar-refractivity contribution in [2.75, 3.05) is 19.8 Å². The molecule has 33 heavy (non-hydrogen) atoms. The number of hydrogen-bond donors (Lipinski definition) is 2. The number of carbonyl (C=O) groups excluding carboxylic acids is 2. The van der Waals surface area contributed by atoms with Crippen LogP contribution in [0.1, 0.15) is 17.2 Å². The lowest BCUT2D eigenvalue weighted by atomic mass is 10.0. The van der Waals surface area contributed by atoms with Gasteiger partial charge in [-0.15, -0.1) is 0 Å². The first-order chi connectivity index (χ1) is 16.0. The van der Waals surface area contributed by atoms with Gasteiger partial charge >= 0.3 is 0 Å². The SMILES string of the molecule is O=C(NCCO)[C@H](c1ccccc1)N(Cc1ccc(Cl)cc1)C(=O)COc1ccccc1Cl. The molecule has 0 heterocycles. The van der Waals surface area contributed by atoms with Gasteiger partial charge in [0.15, 0.2) is 6.61 Å². The van der Waals surface area contributed by atoms with Crippen molar-refractivity contribution in [3.05, 3.63) is 100 Å². The molecule has 0 radical (unpaired) electrons. The summed E-state index contributed by atoms with van der Waals surface area (Å²) in [5, 5.41) is 12.8. The average molecular weight is 487 g/mol. The lowest BCUT2D eigenvalue weighted by molar-refractivity contribution is -0.143. The number of carbonyl (C=O) groups is 2. The maximum atomic E-state index is 13.4. The first-order valence-electron chi connectivity index (χ1n) is 10.3. The predicted octanol–water partition coefficient (Wildman–Crippen LogP) is 4.25. The second-order valence-corrected chi connectivity index (χ2v) is 8.04. The maximum absolute atomic E-state index is 13.4. The quantitative estimate of drug-likeness (QED) is 0.448. The summed E-state index contributed by atoms with van der Waals surface area (Å²) >= 11 is 12.2. The van der Waals surface area contributed by atoms with Gasteiger partial charge in [0.2, 0.25) is 5.91 Å². The summed E-state index contributed by atoms with van der Waals surface area (Å²) in [7, 11) is 0. The van der Waals surface area contributed by atoms with Crippen molar-refractivity contribution in [1.82, 2.24) is 10.2 Å². The Balaban J connectivity index is 1.93. The van der Waals surface area contributed by atoms with Gasteiger partial charge in [0, 0.05) is 18.1 Å². The molecule has 3 aromatic carbocycles. The molecule has 0 aromatic heterocycles. The van der Waals surface area contributed by atoms with E-state index in [1.807, 2.05) is 6.07 Å². The molecule has 8 heteroatoms. The van der Waals surface area contributed by atoms with Crippen molar-refractivity contribution < 1.29 is 19.4 Å². The molecule has 0 aliphatic rings. The van der Waals surface area contributed by atoms with Crippen LogP contribution in [0.3, 0.4) is 0 Å². The minimum Gasteiger partial charge on any atom is -0.482 e. The maximum Gasteiger partial charge on any atom is 0.261 e. The Morgan fingerprint density at radius 2 is 1.61 bits per heavy atom. The van der Waals surface area contributed by atoms with Crippen molar-refractivity contribution in [1.29, 1.82) is 0 Å². The van der Waals surface area contributed by atoms with Crippen LogP contribution in [0.15, 0.2) is 78.9 Å². The van der Waals surface area contributed by atoms with Crippen LogP contribution >= 0.6 is 23.2 Å². The van der Waals surface area contributed by atoms with E-state index in [1.165, 1.54) is 4.90 Å². The van der Waals surface area contributed by atoms with E-state index in [4.69, 9.17) is 27.9 Å². The number of amides is 2. The lowest BCUT2D eigenvalue weighted by Crippen LogP contribution is -2.45. The van der Waals surface area contributed by atoms with E-state index >= 15 is 0 Å². The van der Waals surface area contributed by atoms with Crippen LogP contribution in [0, 0.1) is 0 Å². The number of para-hydroxylation sites is 1. The normalized spacial score (nSPS) is 11.5. The fourth-order valence-corrected chi connectivity index (χ4v) is 3.59. The Bertz CT molecular complexity index is 1060. The number of hydrogen-bond acceptors (Lipinski definition) is 4. The molecule has 0 aliphatic carbocycles. The third-order valence-electron chi connectivity index (χ3n) is 4.86. The molecule has 0 spiro atoms. The second kappa shape index (κ2) is 12.3. The van der Waals surface area contributed by atoms with Crippen LogP contribution in [0.2, 0.25) is 10.0 Å². The summed E-state index contributed by atoms with van der Waals surface area (Å²) in [6, 6.07) is 22.0. The van der Waals surface area contributed by atoms with E-state index in [9.17, 15) is 14.7 Å². The van der Waals surface area contributed by atoms with E-state index in [0.717, 1.165) is 5.56 Å². The van der Waals surface area contributed by atoms with Crippen LogP contribution in [0.5, 0.6) is 5.75 Å². The standard InChI is InChI=1S/C25H24Cl2N2O4/c26-20-12-10-18(11-13-20)16-29(23(31)17-33-22-9-5-4-8-21(22)27)24(25(32)28-14-15-30)19-6-2-1-3-7-19/h1-13,24,30H,14-17H2,(H,28,32)/t24-/m0/s1. The largest absolute Gasteiger partial charge is 0.482 e. The zero-order chi connectivity index (χ0) is 23.6. The Hall–Kier alpha value is -3.06. The highest BCUT2D eigenvalue weighted by molar-refractivity contribution is 6.32. The number of aliphatic hydroxyl groups excluding tert-OH is 1. The van der Waals surface area contributed by atoms with Crippen molar-refractivity contribution in [3.8, 4) is 5.75 Å². The van der Waals surface area contributed by atoms with Gasteiger partial charge in [-0.05, 0) is 35.4 Å². The fraction of sp³-hybridized carbons (Fsp3) is 0.200. The Morgan fingerprint density at radius 1 is 0.939 bits per heavy atom. The summed E-state index contributed by atoms with van der Waals surface area (Å²) in [5.74, 6) is -0.437. The second-order valence-electron chi connectivity index (χ2n) is 7.20. The van der Waals surface area contributed by atoms with Crippen LogP contribution < -0.4 is 10.1 Å². The number of nitrogens with zero attached hydrogens (tertiary/aromatic N) is 1. The summed E-state index contributed by atoms with van der Waals surface area (Å²) in [6.07, 6.45) is 0. The molecule has 0 fully saturated rings. The van der Waals surface area contributed by atoms with Gasteiger partial charge in [-0.2, -0.15) is 0 Å². The minimum atomic E-state index is -0.934. The highest BCUT2D eigenvalue weighted by Crippen LogP contribution is 2.26. The molecule has 0 saturated carbocycles. The van der Waals surface area contributed by atoms with E-state index < -0.39 is 17.9 Å². The van der Waals surface area contributed by atoms with Crippen molar-refractivity contribution in [2.45, 2.75) is 12.6 Å². The molecule has 3 aromatic rings. The van der Waals surface area contributed by atoms with Crippen LogP contribution in [-0.2, 0) is 16.1 Å². The van der Waals surface area contributed by atoms with Gasteiger partial charge in [0.1, 0.15) is 11.8 Å². The molecule has 0 saturated heterocycles. The third-order valence-corrected chi connectivity index (χ3v) is 5.42. The molecular weight excluding hydrogens is 463 g/mol. The van der Waals surface area contributed by atoms with Crippen LogP contribution in [0.4, 0.5) is 0 Å². The van der Waals surface area contributed by atoms with E-state index in [-0.39, 0.29) is 26.3 Å². The Labute approximate surface area is 202 Å². The van der Waals surface area contributed by atoms with E-state index in [0.29, 0.717) is 21.4 Å². The third kappa shape index (κ3) is 6.96. The number of ether oxygens (including phenoxy) is 1. The smallest absolute Gasteiger partial charge is 0.261 e. The van der Waals surface area contributed by atoms with E-state index in [1.54, 1.807) is 72.8 Å². The molecule has 2 N–H and O–H groups in total. The summed E-state index contributed by atoms with van der Waals surface area (Å²) < 4.78 is 5.67. The highest BCUT2D eigenvalue weighted by atomic mass is 35.5. The minimum absolute atomic E-state index is 0.0707. The summed E-state index contributed by atoms with van der Waals surface area (Å²) in [6.45, 7) is -0.308. The summed E-state index contributed by atoms with van der Waals surface area (Å²) in [5.41, 5.74) is 1.43. The topological polar surface area (TPSA) is 78.9 Å². The van der Waals surface area contributed by atoms with Gasteiger partial charge < -0.3 is 20.1 Å². The number of rotatable bonds is 10. The molecule has 1 atom stereocenters. The lowest BCUT2D eigenvalue weighted by Gasteiger charge is -2.31. The monoisotopic (exact) mass is 486 g/mol. The van der Waals surface area contributed by atoms with E-state index in [2.05, 4.69) is 5.32 Å².